The molecule has 0 fully saturated rings. The van der Waals surface area contributed by atoms with Gasteiger partial charge in [-0.2, -0.15) is 0 Å². The normalized spacial score (nSPS) is 11.2. The zero-order valence-electron chi connectivity index (χ0n) is 17.6. The Balaban J connectivity index is 1.41. The van der Waals surface area contributed by atoms with E-state index in [1.807, 2.05) is 24.3 Å². The number of benzene rings is 2. The molecule has 0 aliphatic heterocycles. The lowest BCUT2D eigenvalue weighted by molar-refractivity contribution is -0.137. The lowest BCUT2D eigenvalue weighted by Gasteiger charge is -2.06. The molecule has 0 aliphatic rings. The second-order valence-corrected chi connectivity index (χ2v) is 7.42. The van der Waals surface area contributed by atoms with Crippen molar-refractivity contribution in [3.63, 3.8) is 0 Å². The molecule has 1 N–H and O–H groups in total. The highest BCUT2D eigenvalue weighted by molar-refractivity contribution is 5.96. The summed E-state index contributed by atoms with van der Waals surface area (Å²) in [6.07, 6.45) is 3.50. The van der Waals surface area contributed by atoms with Gasteiger partial charge in [-0.1, -0.05) is 56.3 Å². The van der Waals surface area contributed by atoms with Crippen LogP contribution in [0, 0.1) is 0 Å². The fourth-order valence-corrected chi connectivity index (χ4v) is 2.97. The maximum atomic E-state index is 12.2. The first kappa shape index (κ1) is 22.0. The van der Waals surface area contributed by atoms with E-state index in [0.717, 1.165) is 5.56 Å². The second kappa shape index (κ2) is 10.4. The van der Waals surface area contributed by atoms with Crippen LogP contribution in [0.3, 0.4) is 0 Å². The van der Waals surface area contributed by atoms with E-state index in [1.54, 1.807) is 30.3 Å². The number of carbonyl (C=O) groups is 2. The summed E-state index contributed by atoms with van der Waals surface area (Å²) >= 11 is 0. The molecule has 0 aliphatic carbocycles. The monoisotopic (exact) mass is 419 g/mol. The molecule has 6 nitrogen and oxygen atoms in total. The van der Waals surface area contributed by atoms with Crippen LogP contribution in [0.2, 0.25) is 0 Å². The van der Waals surface area contributed by atoms with Gasteiger partial charge in [-0.15, -0.1) is 0 Å². The lowest BCUT2D eigenvalue weighted by Crippen LogP contribution is -2.29. The number of amides is 1. The number of carbonyl (C=O) groups excluding carboxylic acids is 2. The summed E-state index contributed by atoms with van der Waals surface area (Å²) in [4.78, 5) is 36.1. The molecule has 0 saturated carbocycles. The number of rotatable bonds is 8. The minimum Gasteiger partial charge on any atom is -0.462 e. The highest BCUT2D eigenvalue weighted by atomic mass is 16.5. The quantitative estimate of drug-likeness (QED) is 0.255. The Morgan fingerprint density at radius 3 is 2.58 bits per heavy atom. The highest BCUT2D eigenvalue weighted by Gasteiger charge is 2.13. The largest absolute Gasteiger partial charge is 0.462 e. The van der Waals surface area contributed by atoms with Crippen molar-refractivity contribution in [1.29, 1.82) is 0 Å². The number of hydrogen-bond donors (Lipinski definition) is 1. The maximum absolute atomic E-state index is 12.2. The Morgan fingerprint density at radius 2 is 1.84 bits per heavy atom. The minimum absolute atomic E-state index is 0.0536. The van der Waals surface area contributed by atoms with Gasteiger partial charge in [-0.05, 0) is 41.7 Å². The smallest absolute Gasteiger partial charge is 0.349 e. The Morgan fingerprint density at radius 1 is 1.10 bits per heavy atom. The van der Waals surface area contributed by atoms with Gasteiger partial charge in [-0.3, -0.25) is 4.79 Å². The Labute approximate surface area is 180 Å². The fourth-order valence-electron chi connectivity index (χ4n) is 2.97. The minimum atomic E-state index is -0.686. The van der Waals surface area contributed by atoms with Gasteiger partial charge in [-0.25, -0.2) is 9.59 Å². The molecule has 1 aromatic heterocycles. The summed E-state index contributed by atoms with van der Waals surface area (Å²) in [6.45, 7) is 4.67. The fraction of sp³-hybridized carbons (Fsp3) is 0.240. The third kappa shape index (κ3) is 6.15. The average Bonchev–Trinajstić information content (AvgIpc) is 2.77. The number of fused-ring (bicyclic) bond motifs is 1. The van der Waals surface area contributed by atoms with Crippen molar-refractivity contribution < 1.29 is 18.7 Å². The van der Waals surface area contributed by atoms with Gasteiger partial charge < -0.3 is 14.5 Å². The van der Waals surface area contributed by atoms with Crippen LogP contribution >= 0.6 is 0 Å². The van der Waals surface area contributed by atoms with Crippen molar-refractivity contribution in [3.05, 3.63) is 87.8 Å². The van der Waals surface area contributed by atoms with Crippen LogP contribution in [-0.2, 0) is 9.53 Å². The van der Waals surface area contributed by atoms with Gasteiger partial charge >= 0.3 is 11.6 Å². The SMILES string of the molecule is CC(C)c1ccc(/C=C/C(=O)OCCCNC(=O)c2cc3ccccc3oc2=O)cc1. The van der Waals surface area contributed by atoms with E-state index < -0.39 is 17.5 Å². The van der Waals surface area contributed by atoms with Crippen molar-refractivity contribution >= 4 is 28.9 Å². The summed E-state index contributed by atoms with van der Waals surface area (Å²) in [7, 11) is 0. The molecule has 0 bridgehead atoms. The predicted molar refractivity (Wildman–Crippen MR) is 120 cm³/mol. The summed E-state index contributed by atoms with van der Waals surface area (Å²) in [5, 5.41) is 3.32. The van der Waals surface area contributed by atoms with E-state index in [2.05, 4.69) is 19.2 Å². The number of para-hydroxylation sites is 1. The molecule has 0 atom stereocenters. The number of esters is 1. The van der Waals surface area contributed by atoms with Gasteiger partial charge in [0, 0.05) is 18.0 Å². The molecule has 0 saturated heterocycles. The molecule has 6 heteroatoms. The molecule has 3 aromatic rings. The first-order valence-electron chi connectivity index (χ1n) is 10.2. The average molecular weight is 419 g/mol. The first-order valence-corrected chi connectivity index (χ1v) is 10.2. The van der Waals surface area contributed by atoms with Gasteiger partial charge in [0.2, 0.25) is 0 Å². The summed E-state index contributed by atoms with van der Waals surface area (Å²) in [5.74, 6) is -0.510. The molecule has 3 rings (SSSR count). The Kier molecular flexibility index (Phi) is 7.38. The number of hydrogen-bond acceptors (Lipinski definition) is 5. The summed E-state index contributed by atoms with van der Waals surface area (Å²) in [5.41, 5.74) is 1.85. The molecule has 31 heavy (non-hydrogen) atoms. The van der Waals surface area contributed by atoms with Crippen molar-refractivity contribution in [2.45, 2.75) is 26.2 Å². The third-order valence-electron chi connectivity index (χ3n) is 4.75. The molecule has 160 valence electrons. The van der Waals surface area contributed by atoms with Crippen LogP contribution in [-0.4, -0.2) is 25.0 Å². The first-order chi connectivity index (χ1) is 14.9. The van der Waals surface area contributed by atoms with Crippen LogP contribution in [0.25, 0.3) is 17.0 Å². The zero-order chi connectivity index (χ0) is 22.2. The van der Waals surface area contributed by atoms with Gasteiger partial charge in [0.1, 0.15) is 11.1 Å². The van der Waals surface area contributed by atoms with Gasteiger partial charge in [0.15, 0.2) is 0 Å². The van der Waals surface area contributed by atoms with E-state index in [4.69, 9.17) is 9.15 Å². The third-order valence-corrected chi connectivity index (χ3v) is 4.75. The molecule has 1 heterocycles. The van der Waals surface area contributed by atoms with Crippen molar-refractivity contribution in [2.24, 2.45) is 0 Å². The standard InChI is InChI=1S/C25H25NO5/c1-17(2)19-11-8-18(9-12-19)10-13-23(27)30-15-5-14-26-24(28)21-16-20-6-3-4-7-22(20)31-25(21)29/h3-4,6-13,16-17H,5,14-15H2,1-2H3,(H,26,28)/b13-10+. The number of ether oxygens (including phenoxy) is 1. The van der Waals surface area contributed by atoms with E-state index in [-0.39, 0.29) is 18.7 Å². The molecule has 0 spiro atoms. The molecular weight excluding hydrogens is 394 g/mol. The molecule has 1 amide bonds. The predicted octanol–water partition coefficient (Wildman–Crippen LogP) is 4.29. The Hall–Kier alpha value is -3.67. The van der Waals surface area contributed by atoms with E-state index >= 15 is 0 Å². The summed E-state index contributed by atoms with van der Waals surface area (Å²) in [6, 6.07) is 16.5. The maximum Gasteiger partial charge on any atom is 0.349 e. The van der Waals surface area contributed by atoms with Crippen LogP contribution < -0.4 is 10.9 Å². The van der Waals surface area contributed by atoms with Crippen molar-refractivity contribution in [1.82, 2.24) is 5.32 Å². The number of nitrogens with one attached hydrogen (secondary N) is 1. The molecule has 2 aromatic carbocycles. The van der Waals surface area contributed by atoms with E-state index in [0.29, 0.717) is 23.3 Å². The van der Waals surface area contributed by atoms with Crippen molar-refractivity contribution in [3.8, 4) is 0 Å². The lowest BCUT2D eigenvalue weighted by atomic mass is 10.0. The van der Waals surface area contributed by atoms with Crippen molar-refractivity contribution in [2.75, 3.05) is 13.2 Å². The van der Waals surface area contributed by atoms with Crippen LogP contribution in [0.5, 0.6) is 0 Å². The summed E-state index contributed by atoms with van der Waals surface area (Å²) < 4.78 is 10.3. The molecule has 0 unspecified atom stereocenters. The topological polar surface area (TPSA) is 85.6 Å². The second-order valence-electron chi connectivity index (χ2n) is 7.42. The van der Waals surface area contributed by atoms with Gasteiger partial charge in [0.25, 0.3) is 5.91 Å². The Bertz CT molecular complexity index is 1140. The molecular formula is C25H25NO5. The van der Waals surface area contributed by atoms with Crippen LogP contribution in [0.15, 0.2) is 69.9 Å². The van der Waals surface area contributed by atoms with E-state index in [1.165, 1.54) is 17.7 Å². The van der Waals surface area contributed by atoms with Crippen LogP contribution in [0.4, 0.5) is 0 Å². The highest BCUT2D eigenvalue weighted by Crippen LogP contribution is 2.15. The van der Waals surface area contributed by atoms with Crippen LogP contribution in [0.1, 0.15) is 47.7 Å². The van der Waals surface area contributed by atoms with Gasteiger partial charge in [0.05, 0.1) is 6.61 Å². The zero-order valence-corrected chi connectivity index (χ0v) is 17.6. The van der Waals surface area contributed by atoms with E-state index in [9.17, 15) is 14.4 Å². The molecule has 0 radical (unpaired) electrons.